The van der Waals surface area contributed by atoms with Gasteiger partial charge in [0.15, 0.2) is 5.75 Å². The maximum absolute atomic E-state index is 5.89. The van der Waals surface area contributed by atoms with Crippen LogP contribution in [0.2, 0.25) is 0 Å². The lowest BCUT2D eigenvalue weighted by Gasteiger charge is -2.11. The minimum Gasteiger partial charge on any atom is -0.454 e. The largest absolute Gasteiger partial charge is 0.454 e. The monoisotopic (exact) mass is 259 g/mol. The van der Waals surface area contributed by atoms with Crippen molar-refractivity contribution < 1.29 is 4.74 Å². The van der Waals surface area contributed by atoms with Crippen LogP contribution in [0, 0.1) is 6.92 Å². The van der Waals surface area contributed by atoms with E-state index in [4.69, 9.17) is 4.74 Å². The van der Waals surface area contributed by atoms with Crippen LogP contribution in [0.5, 0.6) is 11.5 Å². The summed E-state index contributed by atoms with van der Waals surface area (Å²) in [6, 6.07) is 6.24. The standard InChI is InChI=1S/C15H21N3O/c1-4-7-16-9-13-8-12(2)5-6-15(13)19-14-10-17-18(3)11-14/h5-6,8,10-11,16H,4,7,9H2,1-3H3. The predicted octanol–water partition coefficient (Wildman–Crippen LogP) is 3.02. The maximum Gasteiger partial charge on any atom is 0.165 e. The van der Waals surface area contributed by atoms with Gasteiger partial charge in [0.2, 0.25) is 0 Å². The van der Waals surface area contributed by atoms with Crippen LogP contribution in [0.1, 0.15) is 24.5 Å². The normalized spacial score (nSPS) is 10.7. The highest BCUT2D eigenvalue weighted by Crippen LogP contribution is 2.25. The molecule has 0 saturated heterocycles. The minimum atomic E-state index is 0.767. The number of nitrogens with one attached hydrogen (secondary N) is 1. The lowest BCUT2D eigenvalue weighted by Crippen LogP contribution is -2.14. The molecule has 0 radical (unpaired) electrons. The van der Waals surface area contributed by atoms with Gasteiger partial charge in [0.05, 0.1) is 12.4 Å². The summed E-state index contributed by atoms with van der Waals surface area (Å²) in [6.45, 7) is 6.10. The molecule has 0 aliphatic carbocycles. The number of aryl methyl sites for hydroxylation is 2. The highest BCUT2D eigenvalue weighted by atomic mass is 16.5. The Balaban J connectivity index is 2.14. The summed E-state index contributed by atoms with van der Waals surface area (Å²) >= 11 is 0. The van der Waals surface area contributed by atoms with Gasteiger partial charge in [-0.25, -0.2) is 0 Å². The van der Waals surface area contributed by atoms with Gasteiger partial charge in [-0.05, 0) is 26.0 Å². The van der Waals surface area contributed by atoms with E-state index in [-0.39, 0.29) is 0 Å². The van der Waals surface area contributed by atoms with E-state index in [1.54, 1.807) is 10.9 Å². The number of rotatable bonds is 6. The van der Waals surface area contributed by atoms with Gasteiger partial charge >= 0.3 is 0 Å². The average molecular weight is 259 g/mol. The van der Waals surface area contributed by atoms with Crippen molar-refractivity contribution in [2.45, 2.75) is 26.8 Å². The number of aromatic nitrogens is 2. The second-order valence-electron chi connectivity index (χ2n) is 4.74. The average Bonchev–Trinajstić information content (AvgIpc) is 2.78. The molecule has 0 fully saturated rings. The molecule has 0 saturated carbocycles. The summed E-state index contributed by atoms with van der Waals surface area (Å²) < 4.78 is 7.63. The Morgan fingerprint density at radius 3 is 2.89 bits per heavy atom. The number of nitrogens with zero attached hydrogens (tertiary/aromatic N) is 2. The highest BCUT2D eigenvalue weighted by molar-refractivity contribution is 5.39. The molecule has 1 N–H and O–H groups in total. The molecule has 0 atom stereocenters. The van der Waals surface area contributed by atoms with Gasteiger partial charge in [-0.15, -0.1) is 0 Å². The zero-order chi connectivity index (χ0) is 13.7. The lowest BCUT2D eigenvalue weighted by atomic mass is 10.1. The first kappa shape index (κ1) is 13.6. The van der Waals surface area contributed by atoms with Gasteiger partial charge < -0.3 is 10.1 Å². The van der Waals surface area contributed by atoms with Gasteiger partial charge in [0.25, 0.3) is 0 Å². The topological polar surface area (TPSA) is 39.1 Å². The number of benzene rings is 1. The van der Waals surface area contributed by atoms with Crippen molar-refractivity contribution in [1.82, 2.24) is 15.1 Å². The summed E-state index contributed by atoms with van der Waals surface area (Å²) in [7, 11) is 1.88. The van der Waals surface area contributed by atoms with Crippen LogP contribution in [0.25, 0.3) is 0 Å². The molecule has 0 aliphatic rings. The SMILES string of the molecule is CCCNCc1cc(C)ccc1Oc1cnn(C)c1. The second kappa shape index (κ2) is 6.38. The summed E-state index contributed by atoms with van der Waals surface area (Å²) in [4.78, 5) is 0. The van der Waals surface area contributed by atoms with Crippen molar-refractivity contribution in [3.63, 3.8) is 0 Å². The van der Waals surface area contributed by atoms with Crippen LogP contribution in [-0.2, 0) is 13.6 Å². The Hall–Kier alpha value is -1.81. The molecular weight excluding hydrogens is 238 g/mol. The Morgan fingerprint density at radius 1 is 1.37 bits per heavy atom. The Kier molecular flexibility index (Phi) is 4.58. The smallest absolute Gasteiger partial charge is 0.165 e. The molecule has 0 aliphatic heterocycles. The van der Waals surface area contributed by atoms with Crippen LogP contribution >= 0.6 is 0 Å². The van der Waals surface area contributed by atoms with E-state index in [0.717, 1.165) is 31.0 Å². The van der Waals surface area contributed by atoms with Crippen LogP contribution in [0.15, 0.2) is 30.6 Å². The van der Waals surface area contributed by atoms with E-state index in [0.29, 0.717) is 0 Å². The zero-order valence-electron chi connectivity index (χ0n) is 11.8. The fourth-order valence-electron chi connectivity index (χ4n) is 1.92. The molecule has 2 aromatic rings. The predicted molar refractivity (Wildman–Crippen MR) is 76.5 cm³/mol. The van der Waals surface area contributed by atoms with E-state index in [2.05, 4.69) is 36.4 Å². The van der Waals surface area contributed by atoms with Gasteiger partial charge in [0.1, 0.15) is 5.75 Å². The molecule has 1 heterocycles. The molecule has 4 nitrogen and oxygen atoms in total. The first-order chi connectivity index (χ1) is 9.19. The van der Waals surface area contributed by atoms with Crippen LogP contribution in [0.4, 0.5) is 0 Å². The van der Waals surface area contributed by atoms with E-state index >= 15 is 0 Å². The quantitative estimate of drug-likeness (QED) is 0.810. The van der Waals surface area contributed by atoms with Crippen molar-refractivity contribution >= 4 is 0 Å². The minimum absolute atomic E-state index is 0.767. The Labute approximate surface area is 114 Å². The molecular formula is C15H21N3O. The van der Waals surface area contributed by atoms with Gasteiger partial charge in [-0.3, -0.25) is 4.68 Å². The molecule has 0 bridgehead atoms. The Bertz CT molecular complexity index is 534. The number of ether oxygens (including phenoxy) is 1. The number of hydrogen-bond acceptors (Lipinski definition) is 3. The third-order valence-corrected chi connectivity index (χ3v) is 2.87. The third-order valence-electron chi connectivity index (χ3n) is 2.87. The first-order valence-electron chi connectivity index (χ1n) is 6.66. The van der Waals surface area contributed by atoms with Crippen molar-refractivity contribution in [3.8, 4) is 11.5 Å². The van der Waals surface area contributed by atoms with Crippen molar-refractivity contribution in [3.05, 3.63) is 41.7 Å². The molecule has 2 rings (SSSR count). The van der Waals surface area contributed by atoms with E-state index in [1.165, 1.54) is 11.1 Å². The molecule has 1 aromatic heterocycles. The maximum atomic E-state index is 5.89. The highest BCUT2D eigenvalue weighted by Gasteiger charge is 2.06. The van der Waals surface area contributed by atoms with Crippen LogP contribution in [-0.4, -0.2) is 16.3 Å². The van der Waals surface area contributed by atoms with Crippen LogP contribution in [0.3, 0.4) is 0 Å². The van der Waals surface area contributed by atoms with Crippen molar-refractivity contribution in [2.24, 2.45) is 7.05 Å². The van der Waals surface area contributed by atoms with E-state index < -0.39 is 0 Å². The molecule has 4 heteroatoms. The van der Waals surface area contributed by atoms with Crippen LogP contribution < -0.4 is 10.1 Å². The summed E-state index contributed by atoms with van der Waals surface area (Å²) in [6.07, 6.45) is 4.72. The molecule has 19 heavy (non-hydrogen) atoms. The Morgan fingerprint density at radius 2 is 2.21 bits per heavy atom. The van der Waals surface area contributed by atoms with Gasteiger partial charge in [0, 0.05) is 19.2 Å². The van der Waals surface area contributed by atoms with E-state index in [1.807, 2.05) is 19.3 Å². The van der Waals surface area contributed by atoms with Gasteiger partial charge in [-0.2, -0.15) is 5.10 Å². The third kappa shape index (κ3) is 3.83. The van der Waals surface area contributed by atoms with Crippen molar-refractivity contribution in [2.75, 3.05) is 6.54 Å². The van der Waals surface area contributed by atoms with Crippen molar-refractivity contribution in [1.29, 1.82) is 0 Å². The number of hydrogen-bond donors (Lipinski definition) is 1. The van der Waals surface area contributed by atoms with Gasteiger partial charge in [-0.1, -0.05) is 24.6 Å². The summed E-state index contributed by atoms with van der Waals surface area (Å²) in [5.74, 6) is 1.66. The molecule has 1 aromatic carbocycles. The lowest BCUT2D eigenvalue weighted by molar-refractivity contribution is 0.472. The molecule has 0 spiro atoms. The second-order valence-corrected chi connectivity index (χ2v) is 4.74. The molecule has 0 unspecified atom stereocenters. The zero-order valence-corrected chi connectivity index (χ0v) is 11.8. The summed E-state index contributed by atoms with van der Waals surface area (Å²) in [5, 5.41) is 7.52. The van der Waals surface area contributed by atoms with E-state index in [9.17, 15) is 0 Å². The molecule has 102 valence electrons. The molecule has 0 amide bonds. The fourth-order valence-corrected chi connectivity index (χ4v) is 1.92. The fraction of sp³-hybridized carbons (Fsp3) is 0.400. The first-order valence-corrected chi connectivity index (χ1v) is 6.66. The summed E-state index contributed by atoms with van der Waals surface area (Å²) in [5.41, 5.74) is 2.42.